The van der Waals surface area contributed by atoms with Crippen LogP contribution in [0.4, 0.5) is 0 Å². The molecule has 2 heteroatoms. The van der Waals surface area contributed by atoms with Gasteiger partial charge in [-0.25, -0.2) is 0 Å². The summed E-state index contributed by atoms with van der Waals surface area (Å²) in [5.74, 6) is 1.64. The monoisotopic (exact) mass is 256 g/mol. The topological polar surface area (TPSA) is 0 Å². The molecular weight excluding hydrogens is 244 g/mol. The predicted molar refractivity (Wildman–Crippen MR) is 50.5 cm³/mol. The van der Waals surface area contributed by atoms with Crippen LogP contribution >= 0.6 is 31.9 Å². The van der Waals surface area contributed by atoms with Gasteiger partial charge in [-0.3, -0.25) is 0 Å². The number of halogens is 2. The van der Waals surface area contributed by atoms with Gasteiger partial charge < -0.3 is 0 Å². The van der Waals surface area contributed by atoms with E-state index in [1.807, 2.05) is 0 Å². The van der Waals surface area contributed by atoms with E-state index in [9.17, 15) is 0 Å². The SMILES string of the molecule is CC(C)[C@@H](CBr)CCBr. The molecule has 0 heterocycles. The minimum absolute atomic E-state index is 0.807. The Labute approximate surface area is 74.7 Å². The fourth-order valence-corrected chi connectivity index (χ4v) is 2.39. The molecular formula is C7H14Br2. The molecule has 0 unspecified atom stereocenters. The summed E-state index contributed by atoms with van der Waals surface area (Å²) in [6.45, 7) is 4.54. The average molecular weight is 258 g/mol. The van der Waals surface area contributed by atoms with Crippen molar-refractivity contribution in [1.29, 1.82) is 0 Å². The van der Waals surface area contributed by atoms with E-state index in [2.05, 4.69) is 45.7 Å². The lowest BCUT2D eigenvalue weighted by Gasteiger charge is -2.15. The van der Waals surface area contributed by atoms with Crippen LogP contribution in [0, 0.1) is 11.8 Å². The van der Waals surface area contributed by atoms with Crippen LogP contribution in [-0.4, -0.2) is 10.7 Å². The second-order valence-corrected chi connectivity index (χ2v) is 4.08. The maximum absolute atomic E-state index is 3.50. The minimum atomic E-state index is 0.807. The first-order chi connectivity index (χ1) is 4.22. The molecule has 0 saturated heterocycles. The van der Waals surface area contributed by atoms with Crippen molar-refractivity contribution in [3.8, 4) is 0 Å². The summed E-state index contributed by atoms with van der Waals surface area (Å²) in [5.41, 5.74) is 0. The Morgan fingerprint density at radius 1 is 1.22 bits per heavy atom. The van der Waals surface area contributed by atoms with Crippen LogP contribution in [0.15, 0.2) is 0 Å². The lowest BCUT2D eigenvalue weighted by atomic mass is 9.96. The summed E-state index contributed by atoms with van der Waals surface area (Å²) in [6, 6.07) is 0. The lowest BCUT2D eigenvalue weighted by molar-refractivity contribution is 0.421. The Bertz CT molecular complexity index is 61.9. The third-order valence-electron chi connectivity index (χ3n) is 1.62. The van der Waals surface area contributed by atoms with Gasteiger partial charge in [-0.1, -0.05) is 45.7 Å². The van der Waals surface area contributed by atoms with Gasteiger partial charge in [0.05, 0.1) is 0 Å². The van der Waals surface area contributed by atoms with Crippen LogP contribution in [0.1, 0.15) is 20.3 Å². The van der Waals surface area contributed by atoms with E-state index in [4.69, 9.17) is 0 Å². The second-order valence-electron chi connectivity index (χ2n) is 2.64. The molecule has 0 radical (unpaired) electrons. The van der Waals surface area contributed by atoms with E-state index in [0.717, 1.165) is 22.5 Å². The maximum Gasteiger partial charge on any atom is 0.00624 e. The largest absolute Gasteiger partial charge is 0.0928 e. The summed E-state index contributed by atoms with van der Waals surface area (Å²) in [7, 11) is 0. The first-order valence-electron chi connectivity index (χ1n) is 3.34. The van der Waals surface area contributed by atoms with E-state index in [1.54, 1.807) is 0 Å². The van der Waals surface area contributed by atoms with Gasteiger partial charge in [0.25, 0.3) is 0 Å². The van der Waals surface area contributed by atoms with Crippen LogP contribution in [0.5, 0.6) is 0 Å². The lowest BCUT2D eigenvalue weighted by Crippen LogP contribution is -2.10. The number of hydrogen-bond acceptors (Lipinski definition) is 0. The molecule has 0 nitrogen and oxygen atoms in total. The summed E-state index contributed by atoms with van der Waals surface area (Å²) in [6.07, 6.45) is 1.28. The van der Waals surface area contributed by atoms with Crippen LogP contribution in [-0.2, 0) is 0 Å². The molecule has 0 aliphatic heterocycles. The second kappa shape index (κ2) is 5.72. The van der Waals surface area contributed by atoms with Crippen molar-refractivity contribution in [1.82, 2.24) is 0 Å². The quantitative estimate of drug-likeness (QED) is 0.677. The molecule has 0 aromatic rings. The fraction of sp³-hybridized carbons (Fsp3) is 1.00. The molecule has 9 heavy (non-hydrogen) atoms. The Kier molecular flexibility index (Phi) is 6.33. The van der Waals surface area contributed by atoms with E-state index < -0.39 is 0 Å². The van der Waals surface area contributed by atoms with Crippen molar-refractivity contribution >= 4 is 31.9 Å². The highest BCUT2D eigenvalue weighted by Crippen LogP contribution is 2.18. The van der Waals surface area contributed by atoms with Crippen molar-refractivity contribution < 1.29 is 0 Å². The first-order valence-corrected chi connectivity index (χ1v) is 5.58. The van der Waals surface area contributed by atoms with Gasteiger partial charge in [-0.05, 0) is 18.3 Å². The maximum atomic E-state index is 3.50. The molecule has 0 rings (SSSR count). The zero-order valence-corrected chi connectivity index (χ0v) is 9.20. The summed E-state index contributed by atoms with van der Waals surface area (Å²) >= 11 is 6.93. The molecule has 0 aliphatic carbocycles. The fourth-order valence-electron chi connectivity index (χ4n) is 0.729. The van der Waals surface area contributed by atoms with Crippen molar-refractivity contribution in [2.75, 3.05) is 10.7 Å². The van der Waals surface area contributed by atoms with Gasteiger partial charge in [-0.2, -0.15) is 0 Å². The van der Waals surface area contributed by atoms with Crippen LogP contribution in [0.25, 0.3) is 0 Å². The Balaban J connectivity index is 3.41. The zero-order valence-electron chi connectivity index (χ0n) is 6.03. The van der Waals surface area contributed by atoms with Crippen LogP contribution < -0.4 is 0 Å². The standard InChI is InChI=1S/C7H14Br2/c1-6(2)7(5-9)3-4-8/h6-7H,3-5H2,1-2H3/t7-/m1/s1. The van der Waals surface area contributed by atoms with Gasteiger partial charge in [-0.15, -0.1) is 0 Å². The van der Waals surface area contributed by atoms with Crippen molar-refractivity contribution in [3.63, 3.8) is 0 Å². The Morgan fingerprint density at radius 2 is 1.78 bits per heavy atom. The Morgan fingerprint density at radius 3 is 1.89 bits per heavy atom. The van der Waals surface area contributed by atoms with Gasteiger partial charge in [0, 0.05) is 10.7 Å². The van der Waals surface area contributed by atoms with E-state index >= 15 is 0 Å². The van der Waals surface area contributed by atoms with Gasteiger partial charge in [0.2, 0.25) is 0 Å². The molecule has 0 spiro atoms. The zero-order chi connectivity index (χ0) is 7.28. The Hall–Kier alpha value is 0.960. The molecule has 0 aromatic heterocycles. The molecule has 0 aliphatic rings. The van der Waals surface area contributed by atoms with Crippen molar-refractivity contribution in [3.05, 3.63) is 0 Å². The molecule has 0 amide bonds. The summed E-state index contributed by atoms with van der Waals surface area (Å²) in [5, 5.41) is 2.26. The van der Waals surface area contributed by atoms with Crippen LogP contribution in [0.2, 0.25) is 0 Å². The van der Waals surface area contributed by atoms with Crippen molar-refractivity contribution in [2.24, 2.45) is 11.8 Å². The normalized spacial score (nSPS) is 14.3. The van der Waals surface area contributed by atoms with Gasteiger partial charge >= 0.3 is 0 Å². The van der Waals surface area contributed by atoms with Gasteiger partial charge in [0.1, 0.15) is 0 Å². The highest BCUT2D eigenvalue weighted by atomic mass is 79.9. The number of alkyl halides is 2. The van der Waals surface area contributed by atoms with Crippen LogP contribution in [0.3, 0.4) is 0 Å². The third-order valence-corrected chi connectivity index (χ3v) is 2.91. The van der Waals surface area contributed by atoms with Crippen molar-refractivity contribution in [2.45, 2.75) is 20.3 Å². The molecule has 0 bridgehead atoms. The number of hydrogen-bond donors (Lipinski definition) is 0. The van der Waals surface area contributed by atoms with E-state index in [-0.39, 0.29) is 0 Å². The third kappa shape index (κ3) is 4.38. The average Bonchev–Trinajstić information content (AvgIpc) is 1.82. The highest BCUT2D eigenvalue weighted by molar-refractivity contribution is 9.09. The smallest absolute Gasteiger partial charge is 0.00624 e. The highest BCUT2D eigenvalue weighted by Gasteiger charge is 2.09. The molecule has 0 aromatic carbocycles. The predicted octanol–water partition coefficient (Wildman–Crippen LogP) is 3.44. The minimum Gasteiger partial charge on any atom is -0.0928 e. The van der Waals surface area contributed by atoms with E-state index in [1.165, 1.54) is 6.42 Å². The summed E-state index contributed by atoms with van der Waals surface area (Å²) in [4.78, 5) is 0. The first kappa shape index (κ1) is 9.96. The molecule has 0 fully saturated rings. The number of rotatable bonds is 4. The summed E-state index contributed by atoms with van der Waals surface area (Å²) < 4.78 is 0. The molecule has 0 saturated carbocycles. The van der Waals surface area contributed by atoms with Gasteiger partial charge in [0.15, 0.2) is 0 Å². The molecule has 1 atom stereocenters. The van der Waals surface area contributed by atoms with E-state index in [0.29, 0.717) is 0 Å². The molecule has 0 N–H and O–H groups in total. The molecule has 56 valence electrons.